The van der Waals surface area contributed by atoms with Crippen LogP contribution in [0.3, 0.4) is 0 Å². The molecule has 2 bridgehead atoms. The average molecular weight is 428 g/mol. The van der Waals surface area contributed by atoms with Crippen molar-refractivity contribution in [3.63, 3.8) is 0 Å². The second-order valence-electron chi connectivity index (χ2n) is 7.86. The third-order valence-corrected chi connectivity index (χ3v) is 7.27. The lowest BCUT2D eigenvalue weighted by Crippen LogP contribution is -2.48. The normalized spacial score (nSPS) is 21.2. The van der Waals surface area contributed by atoms with Gasteiger partial charge in [0, 0.05) is 37.3 Å². The summed E-state index contributed by atoms with van der Waals surface area (Å²) < 4.78 is 2.69. The summed E-state index contributed by atoms with van der Waals surface area (Å²) in [4.78, 5) is 26.7. The van der Waals surface area contributed by atoms with Crippen LogP contribution in [-0.2, 0) is 11.3 Å². The zero-order valence-corrected chi connectivity index (χ0v) is 18.0. The molecule has 0 saturated carbocycles. The van der Waals surface area contributed by atoms with Gasteiger partial charge in [-0.05, 0) is 30.9 Å². The highest BCUT2D eigenvalue weighted by atomic mass is 32.2. The van der Waals surface area contributed by atoms with Crippen LogP contribution in [0.1, 0.15) is 36.6 Å². The molecule has 2 aromatic rings. The van der Waals surface area contributed by atoms with Crippen molar-refractivity contribution < 1.29 is 4.79 Å². The molecule has 1 saturated heterocycles. The number of hydrogen-bond acceptors (Lipinski definition) is 4. The standard InChI is InChI=1S/C22H25N3O2S2/c1-15(17-6-3-2-4-7-17)23-20(26)14-29-22(28)24-11-16-10-18(13-24)19-8-5-9-21(27)25(19)12-16/h2-9,15-16,18H,10-14H2,1H3,(H,23,26)/t15-,16-,18+/m1/s1. The topological polar surface area (TPSA) is 54.3 Å². The number of nitrogens with one attached hydrogen (secondary N) is 1. The number of benzene rings is 1. The Morgan fingerprint density at radius 1 is 1.17 bits per heavy atom. The summed E-state index contributed by atoms with van der Waals surface area (Å²) in [5.74, 6) is 1.05. The molecule has 5 nitrogen and oxygen atoms in total. The van der Waals surface area contributed by atoms with Crippen molar-refractivity contribution in [1.82, 2.24) is 14.8 Å². The summed E-state index contributed by atoms with van der Waals surface area (Å²) in [7, 11) is 0. The fraction of sp³-hybridized carbons (Fsp3) is 0.409. The minimum atomic E-state index is -0.0259. The predicted octanol–water partition coefficient (Wildman–Crippen LogP) is 3.16. The van der Waals surface area contributed by atoms with Crippen molar-refractivity contribution in [2.45, 2.75) is 31.8 Å². The van der Waals surface area contributed by atoms with Gasteiger partial charge >= 0.3 is 0 Å². The van der Waals surface area contributed by atoms with E-state index in [-0.39, 0.29) is 17.5 Å². The second-order valence-corrected chi connectivity index (χ2v) is 9.47. The number of aromatic nitrogens is 1. The molecular formula is C22H25N3O2S2. The number of thioether (sulfide) groups is 1. The van der Waals surface area contributed by atoms with E-state index in [2.05, 4.69) is 16.3 Å². The summed E-state index contributed by atoms with van der Waals surface area (Å²) >= 11 is 7.07. The molecule has 4 rings (SSSR count). The van der Waals surface area contributed by atoms with Gasteiger partial charge in [-0.1, -0.05) is 60.4 Å². The first-order valence-corrected chi connectivity index (χ1v) is 11.4. The Labute approximate surface area is 180 Å². The van der Waals surface area contributed by atoms with Gasteiger partial charge in [-0.2, -0.15) is 0 Å². The van der Waals surface area contributed by atoms with Crippen LogP contribution in [0, 0.1) is 5.92 Å². The van der Waals surface area contributed by atoms with Gasteiger partial charge in [0.05, 0.1) is 11.8 Å². The molecule has 0 spiro atoms. The summed E-state index contributed by atoms with van der Waals surface area (Å²) in [6.45, 7) is 4.41. The molecule has 29 heavy (non-hydrogen) atoms. The fourth-order valence-corrected chi connectivity index (χ4v) is 5.37. The van der Waals surface area contributed by atoms with E-state index in [1.54, 1.807) is 6.07 Å². The maximum absolute atomic E-state index is 12.4. The van der Waals surface area contributed by atoms with Crippen molar-refractivity contribution in [3.8, 4) is 0 Å². The van der Waals surface area contributed by atoms with Crippen LogP contribution in [0.15, 0.2) is 53.3 Å². The Morgan fingerprint density at radius 3 is 2.76 bits per heavy atom. The van der Waals surface area contributed by atoms with Crippen molar-refractivity contribution in [2.24, 2.45) is 5.92 Å². The quantitative estimate of drug-likeness (QED) is 0.760. The van der Waals surface area contributed by atoms with Gasteiger partial charge < -0.3 is 14.8 Å². The number of carbonyl (C=O) groups excluding carboxylic acids is 1. The van der Waals surface area contributed by atoms with Gasteiger partial charge in [-0.15, -0.1) is 0 Å². The highest BCUT2D eigenvalue weighted by Crippen LogP contribution is 2.36. The van der Waals surface area contributed by atoms with E-state index in [9.17, 15) is 9.59 Å². The molecule has 1 aromatic heterocycles. The minimum Gasteiger partial charge on any atom is -0.356 e. The zero-order valence-electron chi connectivity index (χ0n) is 16.4. The number of thiocarbonyl (C=S) groups is 1. The first-order valence-electron chi connectivity index (χ1n) is 9.97. The lowest BCUT2D eigenvalue weighted by atomic mass is 9.83. The first-order chi connectivity index (χ1) is 14.0. The molecule has 152 valence electrons. The van der Waals surface area contributed by atoms with Crippen molar-refractivity contribution in [2.75, 3.05) is 18.8 Å². The van der Waals surface area contributed by atoms with Gasteiger partial charge in [0.1, 0.15) is 4.32 Å². The predicted molar refractivity (Wildman–Crippen MR) is 121 cm³/mol. The molecule has 3 atom stereocenters. The van der Waals surface area contributed by atoms with E-state index < -0.39 is 0 Å². The Morgan fingerprint density at radius 2 is 1.97 bits per heavy atom. The van der Waals surface area contributed by atoms with Crippen LogP contribution in [0.2, 0.25) is 0 Å². The third kappa shape index (κ3) is 4.56. The number of rotatable bonds is 4. The molecule has 2 aliphatic heterocycles. The Balaban J connectivity index is 1.32. The highest BCUT2D eigenvalue weighted by molar-refractivity contribution is 8.23. The van der Waals surface area contributed by atoms with Crippen LogP contribution < -0.4 is 10.9 Å². The molecule has 1 N–H and O–H groups in total. The third-order valence-electron chi connectivity index (χ3n) is 5.74. The highest BCUT2D eigenvalue weighted by Gasteiger charge is 2.35. The van der Waals surface area contributed by atoms with Crippen molar-refractivity contribution in [3.05, 3.63) is 70.1 Å². The molecule has 1 fully saturated rings. The van der Waals surface area contributed by atoms with Gasteiger partial charge in [0.2, 0.25) is 5.91 Å². The van der Waals surface area contributed by atoms with Gasteiger partial charge in [-0.25, -0.2) is 0 Å². The Hall–Kier alpha value is -2.12. The number of amides is 1. The van der Waals surface area contributed by atoms with E-state index in [0.717, 1.165) is 41.6 Å². The lowest BCUT2D eigenvalue weighted by Gasteiger charge is -2.43. The van der Waals surface area contributed by atoms with Crippen LogP contribution in [-0.4, -0.2) is 38.5 Å². The summed E-state index contributed by atoms with van der Waals surface area (Å²) in [6, 6.07) is 15.5. The number of hydrogen-bond donors (Lipinski definition) is 1. The van der Waals surface area contributed by atoms with Gasteiger partial charge in [0.25, 0.3) is 5.56 Å². The first kappa shape index (κ1) is 20.2. The van der Waals surface area contributed by atoms with E-state index in [1.807, 2.05) is 47.9 Å². The van der Waals surface area contributed by atoms with Crippen LogP contribution in [0.5, 0.6) is 0 Å². The van der Waals surface area contributed by atoms with Crippen LogP contribution in [0.25, 0.3) is 0 Å². The maximum atomic E-state index is 12.4. The van der Waals surface area contributed by atoms with E-state index in [1.165, 1.54) is 11.8 Å². The second kappa shape index (κ2) is 8.71. The number of pyridine rings is 1. The smallest absolute Gasteiger partial charge is 0.250 e. The number of fused-ring (bicyclic) bond motifs is 4. The largest absolute Gasteiger partial charge is 0.356 e. The van der Waals surface area contributed by atoms with Crippen molar-refractivity contribution in [1.29, 1.82) is 0 Å². The van der Waals surface area contributed by atoms with E-state index >= 15 is 0 Å². The Bertz CT molecular complexity index is 960. The van der Waals surface area contributed by atoms with E-state index in [0.29, 0.717) is 17.6 Å². The molecule has 0 radical (unpaired) electrons. The molecule has 0 aliphatic carbocycles. The van der Waals surface area contributed by atoms with E-state index in [4.69, 9.17) is 12.2 Å². The average Bonchev–Trinajstić information content (AvgIpc) is 2.73. The van der Waals surface area contributed by atoms with Crippen LogP contribution >= 0.6 is 24.0 Å². The zero-order chi connectivity index (χ0) is 20.4. The molecular weight excluding hydrogens is 402 g/mol. The lowest BCUT2D eigenvalue weighted by molar-refractivity contribution is -0.119. The number of likely N-dealkylation sites (tertiary alicyclic amines) is 1. The molecule has 0 unspecified atom stereocenters. The molecule has 1 amide bonds. The minimum absolute atomic E-state index is 0.0113. The fourth-order valence-electron chi connectivity index (χ4n) is 4.37. The summed E-state index contributed by atoms with van der Waals surface area (Å²) in [6.07, 6.45) is 1.10. The van der Waals surface area contributed by atoms with Gasteiger partial charge in [-0.3, -0.25) is 9.59 Å². The number of piperidine rings is 1. The molecule has 1 aromatic carbocycles. The molecule has 3 heterocycles. The van der Waals surface area contributed by atoms with Gasteiger partial charge in [0.15, 0.2) is 0 Å². The molecule has 7 heteroatoms. The molecule has 2 aliphatic rings. The van der Waals surface area contributed by atoms with Crippen LogP contribution in [0.4, 0.5) is 0 Å². The number of nitrogens with zero attached hydrogens (tertiary/aromatic N) is 2. The summed E-state index contributed by atoms with van der Waals surface area (Å²) in [5, 5.41) is 3.04. The van der Waals surface area contributed by atoms with Crippen molar-refractivity contribution >= 4 is 34.2 Å². The summed E-state index contributed by atoms with van der Waals surface area (Å²) in [5.41, 5.74) is 2.29. The monoisotopic (exact) mass is 427 g/mol. The SMILES string of the molecule is C[C@@H](NC(=O)CSC(=S)N1C[C@H]2C[C@@H](C1)c1cccc(=O)n1C2)c1ccccc1. The maximum Gasteiger partial charge on any atom is 0.250 e. The Kier molecular flexibility index (Phi) is 6.06. The number of carbonyl (C=O) groups is 1.